The molecular weight excluding hydrogens is 199 g/mol. The first-order valence-electron chi connectivity index (χ1n) is 4.40. The van der Waals surface area contributed by atoms with Crippen LogP contribution in [0.3, 0.4) is 0 Å². The van der Waals surface area contributed by atoms with Crippen molar-refractivity contribution in [3.63, 3.8) is 0 Å². The third-order valence-electron chi connectivity index (χ3n) is 1.78. The Kier molecular flexibility index (Phi) is 2.99. The maximum absolute atomic E-state index is 12.7. The van der Waals surface area contributed by atoms with Crippen LogP contribution in [0.1, 0.15) is 11.4 Å². The number of rotatable bonds is 4. The Hall–Kier alpha value is -1.82. The minimum absolute atomic E-state index is 0.339. The summed E-state index contributed by atoms with van der Waals surface area (Å²) in [6.07, 6.45) is 4.04. The predicted molar refractivity (Wildman–Crippen MR) is 49.0 cm³/mol. The van der Waals surface area contributed by atoms with Gasteiger partial charge in [0.1, 0.15) is 5.82 Å². The highest BCUT2D eigenvalue weighted by molar-refractivity contribution is 5.09. The summed E-state index contributed by atoms with van der Waals surface area (Å²) in [6.45, 7) is 0.992. The summed E-state index contributed by atoms with van der Waals surface area (Å²) in [5.74, 6) is 0.230. The Labute approximate surface area is 85.3 Å². The summed E-state index contributed by atoms with van der Waals surface area (Å²) in [6, 6.07) is 1.43. The highest BCUT2D eigenvalue weighted by Crippen LogP contribution is 2.00. The molecule has 2 rings (SSSR count). The molecule has 78 valence electrons. The lowest BCUT2D eigenvalue weighted by Crippen LogP contribution is -2.13. The van der Waals surface area contributed by atoms with E-state index in [4.69, 9.17) is 0 Å². The van der Waals surface area contributed by atoms with E-state index in [2.05, 4.69) is 25.0 Å². The maximum Gasteiger partial charge on any atom is 0.213 e. The Morgan fingerprint density at radius 3 is 3.00 bits per heavy atom. The molecule has 0 aliphatic heterocycles. The molecule has 2 aromatic rings. The number of halogens is 1. The van der Waals surface area contributed by atoms with Crippen LogP contribution >= 0.6 is 0 Å². The fourth-order valence-corrected chi connectivity index (χ4v) is 1.14. The smallest absolute Gasteiger partial charge is 0.213 e. The summed E-state index contributed by atoms with van der Waals surface area (Å²) in [5.41, 5.74) is 0.776. The third kappa shape index (κ3) is 2.81. The number of aromatic nitrogens is 3. The second-order valence-corrected chi connectivity index (χ2v) is 2.96. The van der Waals surface area contributed by atoms with Crippen molar-refractivity contribution in [1.82, 2.24) is 20.4 Å². The van der Waals surface area contributed by atoms with E-state index in [1.165, 1.54) is 18.7 Å². The second kappa shape index (κ2) is 4.61. The molecule has 0 atom stereocenters. The Bertz CT molecular complexity index is 418. The van der Waals surface area contributed by atoms with E-state index in [0.717, 1.165) is 5.56 Å². The normalized spacial score (nSPS) is 10.5. The molecule has 0 bridgehead atoms. The number of pyridine rings is 1. The van der Waals surface area contributed by atoms with E-state index >= 15 is 0 Å². The largest absolute Gasteiger partial charge is 0.343 e. The molecule has 6 heteroatoms. The van der Waals surface area contributed by atoms with Gasteiger partial charge in [0.2, 0.25) is 6.39 Å². The molecule has 0 aromatic carbocycles. The average molecular weight is 208 g/mol. The van der Waals surface area contributed by atoms with Crippen molar-refractivity contribution >= 4 is 0 Å². The Morgan fingerprint density at radius 1 is 1.33 bits per heavy atom. The molecule has 5 nitrogen and oxygen atoms in total. The molecule has 0 saturated heterocycles. The van der Waals surface area contributed by atoms with Crippen LogP contribution < -0.4 is 5.32 Å². The first-order chi connectivity index (χ1) is 7.34. The van der Waals surface area contributed by atoms with Crippen LogP contribution in [0.4, 0.5) is 4.39 Å². The van der Waals surface area contributed by atoms with Crippen molar-refractivity contribution < 1.29 is 8.91 Å². The quantitative estimate of drug-likeness (QED) is 0.808. The Balaban J connectivity index is 1.83. The van der Waals surface area contributed by atoms with E-state index in [0.29, 0.717) is 18.9 Å². The summed E-state index contributed by atoms with van der Waals surface area (Å²) in [7, 11) is 0. The number of hydrogen-bond donors (Lipinski definition) is 1. The summed E-state index contributed by atoms with van der Waals surface area (Å²) in [4.78, 5) is 7.57. The van der Waals surface area contributed by atoms with Gasteiger partial charge >= 0.3 is 0 Å². The monoisotopic (exact) mass is 208 g/mol. The van der Waals surface area contributed by atoms with Crippen LogP contribution in [-0.2, 0) is 13.1 Å². The molecule has 0 aliphatic rings. The Morgan fingerprint density at radius 2 is 2.27 bits per heavy atom. The van der Waals surface area contributed by atoms with Gasteiger partial charge in [0, 0.05) is 12.7 Å². The molecule has 0 spiro atoms. The van der Waals surface area contributed by atoms with Gasteiger partial charge in [-0.1, -0.05) is 5.16 Å². The van der Waals surface area contributed by atoms with Gasteiger partial charge in [-0.15, -0.1) is 0 Å². The van der Waals surface area contributed by atoms with E-state index in [1.807, 2.05) is 0 Å². The molecule has 0 amide bonds. The van der Waals surface area contributed by atoms with E-state index in [-0.39, 0.29) is 5.82 Å². The predicted octanol–water partition coefficient (Wildman–Crippen LogP) is 0.893. The molecule has 2 aromatic heterocycles. The van der Waals surface area contributed by atoms with Crippen molar-refractivity contribution in [3.05, 3.63) is 42.1 Å². The van der Waals surface area contributed by atoms with E-state index < -0.39 is 0 Å². The molecule has 0 unspecified atom stereocenters. The van der Waals surface area contributed by atoms with Crippen molar-refractivity contribution in [3.8, 4) is 0 Å². The molecule has 0 aliphatic carbocycles. The van der Waals surface area contributed by atoms with Gasteiger partial charge in [0.05, 0.1) is 12.7 Å². The number of nitrogens with one attached hydrogen (secondary N) is 1. The molecule has 0 radical (unpaired) electrons. The lowest BCUT2D eigenvalue weighted by molar-refractivity contribution is 0.407. The lowest BCUT2D eigenvalue weighted by Gasteiger charge is -2.01. The van der Waals surface area contributed by atoms with Gasteiger partial charge in [-0.2, -0.15) is 4.98 Å². The fraction of sp³-hybridized carbons (Fsp3) is 0.222. The van der Waals surface area contributed by atoms with Crippen LogP contribution in [0.25, 0.3) is 0 Å². The number of nitrogens with zero attached hydrogens (tertiary/aromatic N) is 3. The third-order valence-corrected chi connectivity index (χ3v) is 1.78. The SMILES string of the molecule is Fc1cncc(CNCc2ncon2)c1. The summed E-state index contributed by atoms with van der Waals surface area (Å²) >= 11 is 0. The topological polar surface area (TPSA) is 63.8 Å². The van der Waals surface area contributed by atoms with Gasteiger partial charge in [0.25, 0.3) is 0 Å². The zero-order chi connectivity index (χ0) is 10.5. The van der Waals surface area contributed by atoms with E-state index in [1.54, 1.807) is 6.20 Å². The van der Waals surface area contributed by atoms with Gasteiger partial charge in [-0.25, -0.2) is 4.39 Å². The van der Waals surface area contributed by atoms with Gasteiger partial charge in [-0.3, -0.25) is 4.98 Å². The minimum Gasteiger partial charge on any atom is -0.343 e. The average Bonchev–Trinajstić information content (AvgIpc) is 2.71. The molecule has 15 heavy (non-hydrogen) atoms. The van der Waals surface area contributed by atoms with Crippen LogP contribution in [0.2, 0.25) is 0 Å². The standard InChI is InChI=1S/C9H9FN4O/c10-8-1-7(2-11-4-8)3-12-5-9-13-6-15-14-9/h1-2,4,6,12H,3,5H2. The summed E-state index contributed by atoms with van der Waals surface area (Å²) in [5, 5.41) is 6.67. The first kappa shape index (κ1) is 9.72. The van der Waals surface area contributed by atoms with Crippen molar-refractivity contribution in [2.45, 2.75) is 13.1 Å². The first-order valence-corrected chi connectivity index (χ1v) is 4.40. The second-order valence-electron chi connectivity index (χ2n) is 2.96. The maximum atomic E-state index is 12.7. The van der Waals surface area contributed by atoms with Crippen LogP contribution in [0.5, 0.6) is 0 Å². The van der Waals surface area contributed by atoms with Gasteiger partial charge in [-0.05, 0) is 11.6 Å². The van der Waals surface area contributed by atoms with Gasteiger partial charge in [0.15, 0.2) is 5.82 Å². The van der Waals surface area contributed by atoms with Crippen LogP contribution in [0.15, 0.2) is 29.4 Å². The summed E-state index contributed by atoms with van der Waals surface area (Å²) < 4.78 is 17.3. The fourth-order valence-electron chi connectivity index (χ4n) is 1.14. The van der Waals surface area contributed by atoms with E-state index in [9.17, 15) is 4.39 Å². The number of hydrogen-bond acceptors (Lipinski definition) is 5. The minimum atomic E-state index is -0.339. The molecular formula is C9H9FN4O. The lowest BCUT2D eigenvalue weighted by atomic mass is 10.3. The molecule has 2 heterocycles. The van der Waals surface area contributed by atoms with Gasteiger partial charge < -0.3 is 9.84 Å². The van der Waals surface area contributed by atoms with Crippen molar-refractivity contribution in [1.29, 1.82) is 0 Å². The zero-order valence-electron chi connectivity index (χ0n) is 7.85. The van der Waals surface area contributed by atoms with Crippen molar-refractivity contribution in [2.75, 3.05) is 0 Å². The van der Waals surface area contributed by atoms with Crippen molar-refractivity contribution in [2.24, 2.45) is 0 Å². The zero-order valence-corrected chi connectivity index (χ0v) is 7.85. The van der Waals surface area contributed by atoms with Crippen LogP contribution in [-0.4, -0.2) is 15.1 Å². The highest BCUT2D eigenvalue weighted by Gasteiger charge is 1.99. The van der Waals surface area contributed by atoms with Crippen LogP contribution in [0, 0.1) is 5.82 Å². The molecule has 1 N–H and O–H groups in total. The molecule has 0 fully saturated rings. The highest BCUT2D eigenvalue weighted by atomic mass is 19.1. The molecule has 0 saturated carbocycles.